The third-order valence-corrected chi connectivity index (χ3v) is 6.30. The number of piperidine rings is 1. The van der Waals surface area contributed by atoms with Gasteiger partial charge in [0.1, 0.15) is 0 Å². The third-order valence-electron chi connectivity index (χ3n) is 6.06. The molecule has 3 N–H and O–H groups in total. The fraction of sp³-hybridized carbons (Fsp3) is 0.682. The molecule has 1 aliphatic heterocycles. The summed E-state index contributed by atoms with van der Waals surface area (Å²) in [6.45, 7) is 4.86. The zero-order valence-electron chi connectivity index (χ0n) is 17.2. The number of likely N-dealkylation sites (tertiary alicyclic amines) is 1. The monoisotopic (exact) mass is 406 g/mol. The largest absolute Gasteiger partial charge is 0.393 e. The van der Waals surface area contributed by atoms with Crippen molar-refractivity contribution in [3.05, 3.63) is 34.9 Å². The molecule has 1 aliphatic carbocycles. The van der Waals surface area contributed by atoms with Gasteiger partial charge in [-0.05, 0) is 82.7 Å². The van der Waals surface area contributed by atoms with Gasteiger partial charge < -0.3 is 15.7 Å². The molecule has 1 aromatic rings. The van der Waals surface area contributed by atoms with Crippen molar-refractivity contribution in [2.75, 3.05) is 26.7 Å². The molecule has 1 aromatic carbocycles. The van der Waals surface area contributed by atoms with Crippen LogP contribution in [0.15, 0.2) is 29.3 Å². The molecule has 6 heteroatoms. The molecule has 2 aliphatic rings. The fourth-order valence-corrected chi connectivity index (χ4v) is 4.81. The van der Waals surface area contributed by atoms with E-state index < -0.39 is 0 Å². The van der Waals surface area contributed by atoms with Crippen LogP contribution in [0.2, 0.25) is 5.02 Å². The lowest BCUT2D eigenvalue weighted by molar-refractivity contribution is 0.119. The Labute approximate surface area is 174 Å². The van der Waals surface area contributed by atoms with E-state index in [0.29, 0.717) is 18.0 Å². The zero-order valence-corrected chi connectivity index (χ0v) is 18.0. The SMILES string of the molecule is CCNC(=NCC1CCCN(C)C1c1cccc(Cl)c1)NC1CCC(O)CC1. The van der Waals surface area contributed by atoms with E-state index in [1.807, 2.05) is 12.1 Å². The van der Waals surface area contributed by atoms with Crippen LogP contribution in [0.1, 0.15) is 57.1 Å². The maximum atomic E-state index is 9.73. The number of nitrogens with one attached hydrogen (secondary N) is 2. The van der Waals surface area contributed by atoms with Gasteiger partial charge in [-0.3, -0.25) is 9.89 Å². The van der Waals surface area contributed by atoms with Crippen LogP contribution in [0.4, 0.5) is 0 Å². The number of aliphatic hydroxyl groups excluding tert-OH is 1. The second-order valence-corrected chi connectivity index (χ2v) is 8.69. The topological polar surface area (TPSA) is 59.9 Å². The van der Waals surface area contributed by atoms with Crippen LogP contribution in [0.5, 0.6) is 0 Å². The van der Waals surface area contributed by atoms with Crippen molar-refractivity contribution in [2.24, 2.45) is 10.9 Å². The molecule has 5 nitrogen and oxygen atoms in total. The number of guanidine groups is 1. The highest BCUT2D eigenvalue weighted by atomic mass is 35.5. The molecule has 0 bridgehead atoms. The van der Waals surface area contributed by atoms with Gasteiger partial charge in [-0.15, -0.1) is 0 Å². The molecule has 156 valence electrons. The first kappa shape index (κ1) is 21.4. The Hall–Kier alpha value is -1.30. The van der Waals surface area contributed by atoms with Gasteiger partial charge in [-0.1, -0.05) is 23.7 Å². The molecule has 1 heterocycles. The van der Waals surface area contributed by atoms with E-state index in [1.54, 1.807) is 0 Å². The zero-order chi connectivity index (χ0) is 19.9. The number of nitrogens with zero attached hydrogens (tertiary/aromatic N) is 2. The Kier molecular flexibility index (Phi) is 8.00. The van der Waals surface area contributed by atoms with Gasteiger partial charge in [-0.25, -0.2) is 0 Å². The fourth-order valence-electron chi connectivity index (χ4n) is 4.61. The van der Waals surface area contributed by atoms with E-state index in [9.17, 15) is 5.11 Å². The van der Waals surface area contributed by atoms with Crippen LogP contribution in [0.3, 0.4) is 0 Å². The van der Waals surface area contributed by atoms with Crippen LogP contribution in [0, 0.1) is 5.92 Å². The van der Waals surface area contributed by atoms with Gasteiger partial charge in [-0.2, -0.15) is 0 Å². The molecule has 0 spiro atoms. The van der Waals surface area contributed by atoms with Gasteiger partial charge in [0.05, 0.1) is 6.10 Å². The maximum Gasteiger partial charge on any atom is 0.191 e. The summed E-state index contributed by atoms with van der Waals surface area (Å²) >= 11 is 6.26. The van der Waals surface area contributed by atoms with Crippen molar-refractivity contribution in [1.29, 1.82) is 0 Å². The predicted octanol–water partition coefficient (Wildman–Crippen LogP) is 3.58. The van der Waals surface area contributed by atoms with Crippen molar-refractivity contribution in [3.8, 4) is 0 Å². The first-order chi connectivity index (χ1) is 13.6. The van der Waals surface area contributed by atoms with Crippen LogP contribution in [0.25, 0.3) is 0 Å². The number of aliphatic hydroxyl groups is 1. The molecule has 2 unspecified atom stereocenters. The minimum absolute atomic E-state index is 0.131. The Morgan fingerprint density at radius 2 is 2.04 bits per heavy atom. The van der Waals surface area contributed by atoms with E-state index in [0.717, 1.165) is 56.3 Å². The van der Waals surface area contributed by atoms with Crippen molar-refractivity contribution < 1.29 is 5.11 Å². The summed E-state index contributed by atoms with van der Waals surface area (Å²) in [4.78, 5) is 7.40. The normalized spacial score (nSPS) is 29.5. The summed E-state index contributed by atoms with van der Waals surface area (Å²) < 4.78 is 0. The lowest BCUT2D eigenvalue weighted by Gasteiger charge is -2.39. The molecule has 1 saturated heterocycles. The average Bonchev–Trinajstić information content (AvgIpc) is 2.68. The van der Waals surface area contributed by atoms with E-state index >= 15 is 0 Å². The molecular formula is C22H35ClN4O. The van der Waals surface area contributed by atoms with E-state index in [4.69, 9.17) is 16.6 Å². The molecule has 2 atom stereocenters. The quantitative estimate of drug-likeness (QED) is 0.516. The summed E-state index contributed by atoms with van der Waals surface area (Å²) in [7, 11) is 2.21. The van der Waals surface area contributed by atoms with Gasteiger partial charge in [0.2, 0.25) is 0 Å². The first-order valence-electron chi connectivity index (χ1n) is 10.8. The number of hydrogen-bond acceptors (Lipinski definition) is 3. The molecule has 28 heavy (non-hydrogen) atoms. The molecule has 1 saturated carbocycles. The highest BCUT2D eigenvalue weighted by Gasteiger charge is 2.30. The first-order valence-corrected chi connectivity index (χ1v) is 11.1. The molecule has 2 fully saturated rings. The van der Waals surface area contributed by atoms with E-state index in [2.05, 4.69) is 41.6 Å². The van der Waals surface area contributed by atoms with Crippen molar-refractivity contribution in [2.45, 2.75) is 63.6 Å². The highest BCUT2D eigenvalue weighted by molar-refractivity contribution is 6.30. The Morgan fingerprint density at radius 3 is 2.75 bits per heavy atom. The summed E-state index contributed by atoms with van der Waals surface area (Å²) in [6.07, 6.45) is 6.01. The lowest BCUT2D eigenvalue weighted by Crippen LogP contribution is -2.46. The van der Waals surface area contributed by atoms with Gasteiger partial charge in [0, 0.05) is 30.2 Å². The second-order valence-electron chi connectivity index (χ2n) is 8.25. The molecule has 0 amide bonds. The summed E-state index contributed by atoms with van der Waals surface area (Å²) in [5.74, 6) is 1.38. The Bertz CT molecular complexity index is 645. The van der Waals surface area contributed by atoms with Crippen molar-refractivity contribution in [1.82, 2.24) is 15.5 Å². The number of hydrogen-bond donors (Lipinski definition) is 3. The number of aliphatic imine (C=N–C) groups is 1. The van der Waals surface area contributed by atoms with Gasteiger partial charge in [0.25, 0.3) is 0 Å². The van der Waals surface area contributed by atoms with E-state index in [-0.39, 0.29) is 6.10 Å². The maximum absolute atomic E-state index is 9.73. The number of rotatable bonds is 5. The number of halogens is 1. The predicted molar refractivity (Wildman–Crippen MR) is 117 cm³/mol. The Balaban J connectivity index is 1.68. The van der Waals surface area contributed by atoms with Crippen molar-refractivity contribution >= 4 is 17.6 Å². The second kappa shape index (κ2) is 10.5. The summed E-state index contributed by atoms with van der Waals surface area (Å²) in [5.41, 5.74) is 1.29. The van der Waals surface area contributed by atoms with Gasteiger partial charge >= 0.3 is 0 Å². The lowest BCUT2D eigenvalue weighted by atomic mass is 9.85. The summed E-state index contributed by atoms with van der Waals surface area (Å²) in [6, 6.07) is 9.02. The van der Waals surface area contributed by atoms with Crippen molar-refractivity contribution in [3.63, 3.8) is 0 Å². The summed E-state index contributed by atoms with van der Waals surface area (Å²) in [5, 5.41) is 17.5. The molecule has 0 radical (unpaired) electrons. The Morgan fingerprint density at radius 1 is 1.25 bits per heavy atom. The highest BCUT2D eigenvalue weighted by Crippen LogP contribution is 2.36. The standard InChI is InChI=1S/C22H35ClN4O/c1-3-24-22(26-19-9-11-20(28)12-10-19)25-15-17-7-5-13-27(2)21(17)16-6-4-8-18(23)14-16/h4,6,8,14,17,19-21,28H,3,5,7,9-13,15H2,1-2H3,(H2,24,25,26). The minimum atomic E-state index is -0.131. The molecular weight excluding hydrogens is 372 g/mol. The molecule has 3 rings (SSSR count). The van der Waals surface area contributed by atoms with E-state index in [1.165, 1.54) is 18.4 Å². The van der Waals surface area contributed by atoms with Crippen LogP contribution >= 0.6 is 11.6 Å². The van der Waals surface area contributed by atoms with Gasteiger partial charge in [0.15, 0.2) is 5.96 Å². The minimum Gasteiger partial charge on any atom is -0.393 e. The third kappa shape index (κ3) is 5.85. The number of benzene rings is 1. The average molecular weight is 407 g/mol. The van der Waals surface area contributed by atoms with Crippen LogP contribution in [-0.2, 0) is 0 Å². The molecule has 0 aromatic heterocycles. The van der Waals surface area contributed by atoms with Crippen LogP contribution in [-0.4, -0.2) is 54.8 Å². The smallest absolute Gasteiger partial charge is 0.191 e. The van der Waals surface area contributed by atoms with Crippen LogP contribution < -0.4 is 10.6 Å².